The Bertz CT molecular complexity index is 2040. The Labute approximate surface area is 425 Å². The van der Waals surface area contributed by atoms with Gasteiger partial charge in [-0.15, -0.1) is 0 Å². The van der Waals surface area contributed by atoms with Gasteiger partial charge in [-0.05, 0) is 133 Å². The molecule has 0 radical (unpaired) electrons. The molecule has 1 atom stereocenters. The van der Waals surface area contributed by atoms with E-state index in [0.717, 1.165) is 88.7 Å². The Morgan fingerprint density at radius 1 is 0.642 bits per heavy atom. The minimum Gasteiger partial charge on any atom is -1.00 e. The summed E-state index contributed by atoms with van der Waals surface area (Å²) in [6, 6.07) is 24.7. The normalized spacial score (nSPS) is 16.7. The first-order valence-corrected chi connectivity index (χ1v) is 22.3. The van der Waals surface area contributed by atoms with E-state index in [0.29, 0.717) is 23.1 Å². The molecule has 0 aromatic heterocycles. The van der Waals surface area contributed by atoms with Gasteiger partial charge in [-0.1, -0.05) is 59.6 Å². The van der Waals surface area contributed by atoms with Crippen LogP contribution in [0.25, 0.3) is 0 Å². The summed E-state index contributed by atoms with van der Waals surface area (Å²) in [7, 11) is 0. The van der Waals surface area contributed by atoms with Gasteiger partial charge in [-0.3, -0.25) is 4.79 Å². The Morgan fingerprint density at radius 3 is 1.40 bits per heavy atom. The molecular formula is C50H63Cl3F6MgN2O5. The number of piperidine rings is 2. The Hall–Kier alpha value is -2.79. The molecule has 6 rings (SSSR count). The molecule has 7 nitrogen and oxygen atoms in total. The van der Waals surface area contributed by atoms with Crippen molar-refractivity contribution in [2.45, 2.75) is 102 Å². The first kappa shape index (κ1) is 62.2. The van der Waals surface area contributed by atoms with Gasteiger partial charge in [0.1, 0.15) is 22.7 Å². The smallest absolute Gasteiger partial charge is 1.00 e. The van der Waals surface area contributed by atoms with Crippen LogP contribution >= 0.6 is 23.2 Å². The summed E-state index contributed by atoms with van der Waals surface area (Å²) in [5, 5.41) is 12.1. The van der Waals surface area contributed by atoms with Crippen molar-refractivity contribution >= 4 is 52.0 Å². The summed E-state index contributed by atoms with van der Waals surface area (Å²) in [4.78, 5) is 16.7. The maximum Gasteiger partial charge on any atom is 2.00 e. The minimum atomic E-state index is -4.53. The van der Waals surface area contributed by atoms with Gasteiger partial charge in [-0.2, -0.15) is 26.3 Å². The first-order valence-electron chi connectivity index (χ1n) is 21.6. The van der Waals surface area contributed by atoms with Crippen LogP contribution in [0.4, 0.5) is 26.3 Å². The molecule has 0 bridgehead atoms. The average molecular weight is 1020 g/mol. The van der Waals surface area contributed by atoms with Crippen molar-refractivity contribution < 1.29 is 62.9 Å². The van der Waals surface area contributed by atoms with Crippen molar-refractivity contribution in [1.82, 2.24) is 9.80 Å². The van der Waals surface area contributed by atoms with Gasteiger partial charge in [-0.25, -0.2) is 0 Å². The minimum absolute atomic E-state index is 0. The number of benzene rings is 4. The third-order valence-electron chi connectivity index (χ3n) is 11.5. The second-order valence-corrected chi connectivity index (χ2v) is 17.6. The van der Waals surface area contributed by atoms with Crippen LogP contribution in [0.2, 0.25) is 10.0 Å². The van der Waals surface area contributed by atoms with E-state index in [1.807, 2.05) is 45.0 Å². The van der Waals surface area contributed by atoms with Crippen molar-refractivity contribution in [3.63, 3.8) is 0 Å². The number of carbonyl (C=O) groups is 1. The van der Waals surface area contributed by atoms with Crippen molar-refractivity contribution in [3.05, 3.63) is 137 Å². The second kappa shape index (κ2) is 28.2. The maximum atomic E-state index is 13.3. The largest absolute Gasteiger partial charge is 2.00 e. The average Bonchev–Trinajstić information content (AvgIpc) is 3.25. The van der Waals surface area contributed by atoms with E-state index in [-0.39, 0.29) is 78.1 Å². The molecule has 67 heavy (non-hydrogen) atoms. The molecule has 1 N–H and O–H groups in total. The van der Waals surface area contributed by atoms with Gasteiger partial charge in [0.15, 0.2) is 5.78 Å². The van der Waals surface area contributed by atoms with Crippen molar-refractivity contribution in [3.8, 4) is 11.5 Å². The number of nitrogens with zero attached hydrogens (tertiary/aromatic N) is 2. The van der Waals surface area contributed by atoms with E-state index >= 15 is 0 Å². The number of carbonyl (C=O) groups excluding carboxylic acids is 1. The van der Waals surface area contributed by atoms with Crippen molar-refractivity contribution in [2.24, 2.45) is 0 Å². The number of likely N-dealkylation sites (tertiary alicyclic amines) is 2. The predicted octanol–water partition coefficient (Wildman–Crippen LogP) is 9.87. The summed E-state index contributed by atoms with van der Waals surface area (Å²) < 4.78 is 96.4. The molecule has 4 aromatic rings. The van der Waals surface area contributed by atoms with Gasteiger partial charge in [0.2, 0.25) is 0 Å². The Morgan fingerprint density at radius 2 is 1.01 bits per heavy atom. The number of rotatable bonds is 14. The van der Waals surface area contributed by atoms with Crippen molar-refractivity contribution in [1.29, 1.82) is 0 Å². The molecule has 2 heterocycles. The fourth-order valence-corrected chi connectivity index (χ4v) is 7.81. The number of alkyl halides is 6. The van der Waals surface area contributed by atoms with Crippen LogP contribution in [0.5, 0.6) is 11.5 Å². The van der Waals surface area contributed by atoms with Gasteiger partial charge in [0.05, 0.1) is 16.7 Å². The molecule has 4 aromatic carbocycles. The number of hydrogen-bond donors (Lipinski definition) is 1. The van der Waals surface area contributed by atoms with Crippen LogP contribution in [0.15, 0.2) is 97.1 Å². The number of hydrogen-bond acceptors (Lipinski definition) is 7. The molecule has 2 fully saturated rings. The third-order valence-corrected chi connectivity index (χ3v) is 12.0. The summed E-state index contributed by atoms with van der Waals surface area (Å²) in [6.45, 7) is 15.1. The molecule has 0 amide bonds. The van der Waals surface area contributed by atoms with Gasteiger partial charge < -0.3 is 49.0 Å². The first-order chi connectivity index (χ1) is 30.1. The van der Waals surface area contributed by atoms with Gasteiger partial charge in [0, 0.05) is 74.5 Å². The Kier molecular flexibility index (Phi) is 26.1. The standard InChI is InChI=1S/C23H27ClF3NO2.C22H23ClF3NO2.C4H10O.CH3.ClH.Mg/c1-21(30-18-9-7-17(24)8-10-18)11-14-28(15-12-21)16-13-22(2,29)19-5-3-4-6-20(19)23(25,26)27;1-21(29-17-8-6-16(23)7-9-17)11-14-27(15-12-21)13-10-20(28)18-4-2-3-5-19(18)22(24,25)26;1-3-5-4-2;;;/h3-10,29H,11-16H2,1-2H3;2-9H,10-15H2,1H3;3-4H2,1-2H3;1H3;1H;/q;;;-1;;+2/p-1. The van der Waals surface area contributed by atoms with Crippen LogP contribution in [-0.4, -0.2) is 107 Å². The van der Waals surface area contributed by atoms with E-state index in [4.69, 9.17) is 37.4 Å². The van der Waals surface area contributed by atoms with Gasteiger partial charge in [0.25, 0.3) is 0 Å². The molecular weight excluding hydrogens is 953 g/mol. The maximum absolute atomic E-state index is 13.3. The molecule has 2 saturated heterocycles. The summed E-state index contributed by atoms with van der Waals surface area (Å²) in [5.74, 6) is 1.04. The fraction of sp³-hybridized carbons (Fsp3) is 0.480. The predicted molar refractivity (Wildman–Crippen MR) is 253 cm³/mol. The zero-order valence-electron chi connectivity index (χ0n) is 39.2. The van der Waals surface area contributed by atoms with Crippen LogP contribution in [0, 0.1) is 7.43 Å². The molecule has 0 saturated carbocycles. The number of Topliss-reactive ketones (excluding diaryl/α,β-unsaturated/α-hetero) is 1. The van der Waals surface area contributed by atoms with E-state index in [9.17, 15) is 36.2 Å². The van der Waals surface area contributed by atoms with E-state index in [2.05, 4.69) is 16.7 Å². The van der Waals surface area contributed by atoms with E-state index in [1.54, 1.807) is 24.3 Å². The molecule has 2 aliphatic rings. The molecule has 0 aliphatic carbocycles. The fourth-order valence-electron chi connectivity index (χ4n) is 7.56. The summed E-state index contributed by atoms with van der Waals surface area (Å²) in [5.41, 5.74) is -4.18. The number of halogens is 9. The molecule has 1 unspecified atom stereocenters. The quantitative estimate of drug-likeness (QED) is 0.0584. The second-order valence-electron chi connectivity index (χ2n) is 16.8. The third kappa shape index (κ3) is 20.2. The van der Waals surface area contributed by atoms with Crippen LogP contribution < -0.4 is 21.9 Å². The van der Waals surface area contributed by atoms with Crippen LogP contribution in [0.1, 0.15) is 100 Å². The summed E-state index contributed by atoms with van der Waals surface area (Å²) >= 11 is 11.8. The number of ether oxygens (including phenoxy) is 3. The zero-order valence-corrected chi connectivity index (χ0v) is 42.9. The Balaban J connectivity index is 0.000000585. The molecule has 2 aliphatic heterocycles. The van der Waals surface area contributed by atoms with Gasteiger partial charge >= 0.3 is 35.4 Å². The van der Waals surface area contributed by atoms with E-state index in [1.165, 1.54) is 43.3 Å². The monoisotopic (exact) mass is 1010 g/mol. The topological polar surface area (TPSA) is 71.5 Å². The SMILES string of the molecule is CC1(Oc2ccc(Cl)cc2)CCN(CCC(=O)c2ccccc2C(F)(F)F)CC1.CC1(Oc2ccc(Cl)cc2)CCN(CCC(C)(O)c2ccccc2C(F)(F)F)CC1.CCOCC.[CH3-].[Cl-].[Mg+2]. The molecule has 0 spiro atoms. The zero-order chi connectivity index (χ0) is 47.2. The molecule has 17 heteroatoms. The number of aliphatic hydroxyl groups is 1. The van der Waals surface area contributed by atoms with E-state index < -0.39 is 34.9 Å². The van der Waals surface area contributed by atoms with Crippen molar-refractivity contribution in [2.75, 3.05) is 52.5 Å². The number of ketones is 1. The summed E-state index contributed by atoms with van der Waals surface area (Å²) in [6.07, 6.45) is -5.64. The van der Waals surface area contributed by atoms with Crippen LogP contribution in [-0.2, 0) is 22.7 Å². The molecule has 368 valence electrons. The van der Waals surface area contributed by atoms with Crippen LogP contribution in [0.3, 0.4) is 0 Å².